The lowest BCUT2D eigenvalue weighted by atomic mass is 10.3. The third kappa shape index (κ3) is 3.14. The van der Waals surface area contributed by atoms with Crippen molar-refractivity contribution in [2.24, 2.45) is 0 Å². The number of nitrogens with zero attached hydrogens (tertiary/aromatic N) is 3. The Morgan fingerprint density at radius 3 is 2.83 bits per heavy atom. The number of nitrogens with one attached hydrogen (secondary N) is 1. The molecule has 0 aromatic carbocycles. The lowest BCUT2D eigenvalue weighted by molar-refractivity contribution is 0.277. The Morgan fingerprint density at radius 2 is 2.17 bits per heavy atom. The number of anilines is 1. The molecule has 0 saturated carbocycles. The molecule has 2 aromatic rings. The molecule has 0 amide bonds. The number of pyridine rings is 1. The summed E-state index contributed by atoms with van der Waals surface area (Å²) in [6, 6.07) is 5.37. The van der Waals surface area contributed by atoms with E-state index in [1.807, 2.05) is 6.07 Å². The highest BCUT2D eigenvalue weighted by molar-refractivity contribution is 5.28. The molecule has 18 heavy (non-hydrogen) atoms. The Labute approximate surface area is 105 Å². The molecule has 0 unspecified atom stereocenters. The fourth-order valence-corrected chi connectivity index (χ4v) is 1.39. The number of ether oxygens (including phenoxy) is 1. The van der Waals surface area contributed by atoms with E-state index in [0.717, 1.165) is 5.56 Å². The number of aliphatic hydroxyl groups is 1. The number of hydrogen-bond acceptors (Lipinski definition) is 6. The van der Waals surface area contributed by atoms with E-state index in [-0.39, 0.29) is 6.61 Å². The van der Waals surface area contributed by atoms with Crippen molar-refractivity contribution in [1.29, 1.82) is 0 Å². The van der Waals surface area contributed by atoms with Gasteiger partial charge in [0.1, 0.15) is 0 Å². The lowest BCUT2D eigenvalue weighted by Crippen LogP contribution is -2.05. The van der Waals surface area contributed by atoms with Gasteiger partial charge in [-0.3, -0.25) is 0 Å². The summed E-state index contributed by atoms with van der Waals surface area (Å²) < 4.78 is 4.98. The Morgan fingerprint density at radius 1 is 1.28 bits per heavy atom. The van der Waals surface area contributed by atoms with Crippen molar-refractivity contribution in [3.63, 3.8) is 0 Å². The van der Waals surface area contributed by atoms with Crippen molar-refractivity contribution in [2.75, 3.05) is 12.4 Å². The topological polar surface area (TPSA) is 80.2 Å². The maximum Gasteiger partial charge on any atom is 0.223 e. The molecule has 0 aliphatic heterocycles. The number of hydrogen-bond donors (Lipinski definition) is 2. The summed E-state index contributed by atoms with van der Waals surface area (Å²) in [6.45, 7) is 0.465. The number of aromatic nitrogens is 3. The van der Waals surface area contributed by atoms with Gasteiger partial charge in [-0.1, -0.05) is 6.07 Å². The van der Waals surface area contributed by atoms with Crippen LogP contribution in [0.4, 0.5) is 5.95 Å². The van der Waals surface area contributed by atoms with Crippen LogP contribution in [0.1, 0.15) is 11.3 Å². The molecule has 6 nitrogen and oxygen atoms in total. The molecule has 6 heteroatoms. The first kappa shape index (κ1) is 12.3. The largest absolute Gasteiger partial charge is 0.481 e. The lowest BCUT2D eigenvalue weighted by Gasteiger charge is -2.06. The summed E-state index contributed by atoms with van der Waals surface area (Å²) >= 11 is 0. The van der Waals surface area contributed by atoms with Crippen LogP contribution < -0.4 is 10.1 Å². The minimum absolute atomic E-state index is 0.0959. The fraction of sp³-hybridized carbons (Fsp3) is 0.250. The highest BCUT2D eigenvalue weighted by Crippen LogP contribution is 2.08. The second-order valence-electron chi connectivity index (χ2n) is 3.59. The van der Waals surface area contributed by atoms with Crippen molar-refractivity contribution in [3.8, 4) is 5.88 Å². The van der Waals surface area contributed by atoms with Gasteiger partial charge >= 0.3 is 0 Å². The minimum atomic E-state index is -0.0959. The van der Waals surface area contributed by atoms with Crippen molar-refractivity contribution >= 4 is 5.95 Å². The predicted octanol–water partition coefficient (Wildman–Crippen LogP) is 0.985. The summed E-state index contributed by atoms with van der Waals surface area (Å²) in [5.41, 5.74) is 1.58. The van der Waals surface area contributed by atoms with Crippen molar-refractivity contribution in [3.05, 3.63) is 41.9 Å². The molecule has 2 rings (SSSR count). The third-order valence-corrected chi connectivity index (χ3v) is 2.33. The van der Waals surface area contributed by atoms with Gasteiger partial charge in [-0.2, -0.15) is 0 Å². The Balaban J connectivity index is 1.97. The van der Waals surface area contributed by atoms with E-state index in [1.54, 1.807) is 31.6 Å². The minimum Gasteiger partial charge on any atom is -0.481 e. The first-order valence-corrected chi connectivity index (χ1v) is 5.47. The average Bonchev–Trinajstić information content (AvgIpc) is 2.46. The quantitative estimate of drug-likeness (QED) is 0.818. The maximum atomic E-state index is 8.96. The average molecular weight is 246 g/mol. The molecule has 0 saturated heterocycles. The zero-order valence-corrected chi connectivity index (χ0v) is 10.00. The summed E-state index contributed by atoms with van der Waals surface area (Å²) in [7, 11) is 1.58. The highest BCUT2D eigenvalue weighted by Gasteiger charge is 1.99. The molecular weight excluding hydrogens is 232 g/mol. The van der Waals surface area contributed by atoms with Crippen LogP contribution in [0.2, 0.25) is 0 Å². The van der Waals surface area contributed by atoms with Crippen molar-refractivity contribution in [1.82, 2.24) is 15.0 Å². The van der Waals surface area contributed by atoms with E-state index < -0.39 is 0 Å². The Hall–Kier alpha value is -2.21. The Kier molecular flexibility index (Phi) is 4.03. The zero-order chi connectivity index (χ0) is 12.8. The Bertz CT molecular complexity index is 502. The highest BCUT2D eigenvalue weighted by atomic mass is 16.5. The van der Waals surface area contributed by atoms with Crippen LogP contribution >= 0.6 is 0 Å². The van der Waals surface area contributed by atoms with Crippen molar-refractivity contribution < 1.29 is 9.84 Å². The molecule has 0 fully saturated rings. The van der Waals surface area contributed by atoms with Crippen LogP contribution in [0, 0.1) is 0 Å². The number of methoxy groups -OCH3 is 1. The maximum absolute atomic E-state index is 8.96. The van der Waals surface area contributed by atoms with Gasteiger partial charge in [0.05, 0.1) is 19.4 Å². The second-order valence-corrected chi connectivity index (χ2v) is 3.59. The SMILES string of the molecule is COc1ccc(CNc2nccc(CO)n2)cn1. The molecular formula is C12H14N4O2. The first-order chi connectivity index (χ1) is 8.81. The molecule has 94 valence electrons. The van der Waals surface area contributed by atoms with E-state index >= 15 is 0 Å². The third-order valence-electron chi connectivity index (χ3n) is 2.33. The molecule has 2 heterocycles. The standard InChI is InChI=1S/C12H14N4O2/c1-18-11-3-2-9(6-14-11)7-15-12-13-5-4-10(8-17)16-12/h2-6,17H,7-8H2,1H3,(H,13,15,16). The molecule has 0 spiro atoms. The van der Waals surface area contributed by atoms with E-state index in [1.165, 1.54) is 0 Å². The molecule has 0 aliphatic carbocycles. The van der Waals surface area contributed by atoms with Gasteiger partial charge in [0, 0.05) is 25.0 Å². The molecule has 0 radical (unpaired) electrons. The van der Waals surface area contributed by atoms with Crippen LogP contribution in [0.15, 0.2) is 30.6 Å². The molecule has 2 N–H and O–H groups in total. The van der Waals surface area contributed by atoms with Gasteiger partial charge in [0.2, 0.25) is 11.8 Å². The van der Waals surface area contributed by atoms with Crippen LogP contribution in [-0.2, 0) is 13.2 Å². The summed E-state index contributed by atoms with van der Waals surface area (Å²) in [5.74, 6) is 1.06. The summed E-state index contributed by atoms with van der Waals surface area (Å²) in [4.78, 5) is 12.3. The first-order valence-electron chi connectivity index (χ1n) is 5.47. The van der Waals surface area contributed by atoms with E-state index in [9.17, 15) is 0 Å². The van der Waals surface area contributed by atoms with Gasteiger partial charge in [-0.05, 0) is 11.6 Å². The smallest absolute Gasteiger partial charge is 0.223 e. The van der Waals surface area contributed by atoms with Gasteiger partial charge < -0.3 is 15.2 Å². The summed E-state index contributed by atoms with van der Waals surface area (Å²) in [6.07, 6.45) is 3.33. The normalized spacial score (nSPS) is 10.1. The number of rotatable bonds is 5. The van der Waals surface area contributed by atoms with Crippen molar-refractivity contribution in [2.45, 2.75) is 13.2 Å². The second kappa shape index (κ2) is 5.92. The van der Waals surface area contributed by atoms with Gasteiger partial charge in [0.15, 0.2) is 0 Å². The summed E-state index contributed by atoms with van der Waals surface area (Å²) in [5, 5.41) is 12.0. The molecule has 0 bridgehead atoms. The molecule has 0 atom stereocenters. The number of aliphatic hydroxyl groups excluding tert-OH is 1. The monoisotopic (exact) mass is 246 g/mol. The van der Waals surface area contributed by atoms with Crippen LogP contribution in [-0.4, -0.2) is 27.2 Å². The fourth-order valence-electron chi connectivity index (χ4n) is 1.39. The van der Waals surface area contributed by atoms with E-state index in [0.29, 0.717) is 24.1 Å². The van der Waals surface area contributed by atoms with Gasteiger partial charge in [0.25, 0.3) is 0 Å². The zero-order valence-electron chi connectivity index (χ0n) is 10.00. The van der Waals surface area contributed by atoms with Crippen LogP contribution in [0.25, 0.3) is 0 Å². The van der Waals surface area contributed by atoms with E-state index in [4.69, 9.17) is 9.84 Å². The van der Waals surface area contributed by atoms with Crippen LogP contribution in [0.3, 0.4) is 0 Å². The van der Waals surface area contributed by atoms with Gasteiger partial charge in [-0.25, -0.2) is 15.0 Å². The molecule has 0 aliphatic rings. The van der Waals surface area contributed by atoms with Crippen LogP contribution in [0.5, 0.6) is 5.88 Å². The predicted molar refractivity (Wildman–Crippen MR) is 66.1 cm³/mol. The molecule has 2 aromatic heterocycles. The van der Waals surface area contributed by atoms with Gasteiger partial charge in [-0.15, -0.1) is 0 Å². The van der Waals surface area contributed by atoms with E-state index in [2.05, 4.69) is 20.3 Å².